The highest BCUT2D eigenvalue weighted by atomic mass is 32.2. The van der Waals surface area contributed by atoms with Crippen LogP contribution in [0.1, 0.15) is 19.1 Å². The number of carbonyl (C=O) groups is 1. The average molecular weight is 382 g/mol. The lowest BCUT2D eigenvalue weighted by atomic mass is 10.2. The lowest BCUT2D eigenvalue weighted by Gasteiger charge is -2.18. The number of sulfonamides is 1. The minimum atomic E-state index is -3.47. The molecule has 0 aliphatic carbocycles. The Balaban J connectivity index is 2.16. The van der Waals surface area contributed by atoms with Crippen LogP contribution < -0.4 is 20.1 Å². The Morgan fingerprint density at radius 3 is 2.62 bits per heavy atom. The molecule has 1 aromatic carbocycles. The minimum Gasteiger partial charge on any atom is -0.495 e. The molecule has 2 rings (SSSR count). The second-order valence-corrected chi connectivity index (χ2v) is 7.45. The van der Waals surface area contributed by atoms with E-state index in [0.29, 0.717) is 29.4 Å². The predicted molar refractivity (Wildman–Crippen MR) is 99.0 cm³/mol. The normalized spacial score (nSPS) is 12.3. The van der Waals surface area contributed by atoms with Crippen molar-refractivity contribution in [1.82, 2.24) is 5.16 Å². The molecule has 0 aliphatic rings. The van der Waals surface area contributed by atoms with E-state index >= 15 is 0 Å². The highest BCUT2D eigenvalue weighted by molar-refractivity contribution is 7.92. The van der Waals surface area contributed by atoms with Crippen LogP contribution in [0.3, 0.4) is 0 Å². The molecule has 0 spiro atoms. The zero-order chi connectivity index (χ0) is 19.3. The topological polar surface area (TPSA) is 123 Å². The maximum Gasteiger partial charge on any atom is 0.248 e. The molecule has 0 saturated carbocycles. The molecule has 0 fully saturated rings. The summed E-state index contributed by atoms with van der Waals surface area (Å²) in [5.41, 5.74) is 0.845. The van der Waals surface area contributed by atoms with Crippen molar-refractivity contribution in [2.45, 2.75) is 26.3 Å². The van der Waals surface area contributed by atoms with E-state index in [-0.39, 0.29) is 11.6 Å². The monoisotopic (exact) mass is 382 g/mol. The van der Waals surface area contributed by atoms with Crippen molar-refractivity contribution in [3.63, 3.8) is 0 Å². The number of anilines is 3. The number of nitrogens with one attached hydrogen (secondary N) is 3. The first-order chi connectivity index (χ1) is 12.2. The molecule has 3 N–H and O–H groups in total. The third-order valence-electron chi connectivity index (χ3n) is 3.44. The Morgan fingerprint density at radius 1 is 1.35 bits per heavy atom. The Morgan fingerprint density at radius 2 is 2.08 bits per heavy atom. The number of hydrogen-bond donors (Lipinski definition) is 3. The summed E-state index contributed by atoms with van der Waals surface area (Å²) in [4.78, 5) is 12.4. The first-order valence-corrected chi connectivity index (χ1v) is 9.77. The van der Waals surface area contributed by atoms with Crippen molar-refractivity contribution in [2.24, 2.45) is 0 Å². The van der Waals surface area contributed by atoms with Gasteiger partial charge in [-0.2, -0.15) is 0 Å². The van der Waals surface area contributed by atoms with E-state index < -0.39 is 16.1 Å². The van der Waals surface area contributed by atoms with E-state index in [2.05, 4.69) is 20.5 Å². The fraction of sp³-hybridized carbons (Fsp3) is 0.375. The second-order valence-electron chi connectivity index (χ2n) is 5.71. The van der Waals surface area contributed by atoms with Gasteiger partial charge in [-0.15, -0.1) is 0 Å². The van der Waals surface area contributed by atoms with Crippen molar-refractivity contribution < 1.29 is 22.5 Å². The van der Waals surface area contributed by atoms with E-state index in [1.165, 1.54) is 7.11 Å². The average Bonchev–Trinajstić information content (AvgIpc) is 2.96. The zero-order valence-corrected chi connectivity index (χ0v) is 15.8. The largest absolute Gasteiger partial charge is 0.495 e. The number of methoxy groups -OCH3 is 1. The van der Waals surface area contributed by atoms with Crippen molar-refractivity contribution in [2.75, 3.05) is 28.7 Å². The summed E-state index contributed by atoms with van der Waals surface area (Å²) in [6, 6.07) is 5.94. The molecule has 0 bridgehead atoms. The second kappa shape index (κ2) is 8.09. The number of carbonyl (C=O) groups excluding carboxylic acids is 1. The van der Waals surface area contributed by atoms with Crippen LogP contribution in [-0.4, -0.2) is 38.9 Å². The van der Waals surface area contributed by atoms with Crippen LogP contribution >= 0.6 is 0 Å². The molecule has 2 aromatic rings. The van der Waals surface area contributed by atoms with Gasteiger partial charge in [-0.3, -0.25) is 9.52 Å². The first kappa shape index (κ1) is 19.6. The summed E-state index contributed by atoms with van der Waals surface area (Å²) in [6.07, 6.45) is 1.55. The van der Waals surface area contributed by atoms with Crippen LogP contribution in [0.25, 0.3) is 0 Å². The van der Waals surface area contributed by atoms with Gasteiger partial charge in [0.2, 0.25) is 15.9 Å². The van der Waals surface area contributed by atoms with Crippen LogP contribution in [0.5, 0.6) is 5.75 Å². The lowest BCUT2D eigenvalue weighted by Crippen LogP contribution is -2.34. The van der Waals surface area contributed by atoms with Gasteiger partial charge in [-0.1, -0.05) is 12.1 Å². The Kier molecular flexibility index (Phi) is 6.09. The lowest BCUT2D eigenvalue weighted by molar-refractivity contribution is -0.117. The summed E-state index contributed by atoms with van der Waals surface area (Å²) < 4.78 is 35.5. The molecule has 0 saturated heterocycles. The molecule has 26 heavy (non-hydrogen) atoms. The molecule has 10 heteroatoms. The highest BCUT2D eigenvalue weighted by Crippen LogP contribution is 2.29. The van der Waals surface area contributed by atoms with Gasteiger partial charge in [-0.25, -0.2) is 8.42 Å². The van der Waals surface area contributed by atoms with E-state index in [0.717, 1.165) is 6.26 Å². The van der Waals surface area contributed by atoms with Gasteiger partial charge in [0, 0.05) is 11.8 Å². The summed E-state index contributed by atoms with van der Waals surface area (Å²) in [6.45, 7) is 3.58. The number of ether oxygens (including phenoxy) is 1. The van der Waals surface area contributed by atoms with Crippen LogP contribution in [0, 0.1) is 6.92 Å². The van der Waals surface area contributed by atoms with Crippen LogP contribution in [-0.2, 0) is 14.8 Å². The van der Waals surface area contributed by atoms with Gasteiger partial charge in [0.15, 0.2) is 5.82 Å². The number of aromatic nitrogens is 1. The third-order valence-corrected chi connectivity index (χ3v) is 4.03. The molecule has 1 amide bonds. The summed E-state index contributed by atoms with van der Waals surface area (Å²) >= 11 is 0. The molecule has 1 atom stereocenters. The van der Waals surface area contributed by atoms with Gasteiger partial charge in [0.1, 0.15) is 17.6 Å². The van der Waals surface area contributed by atoms with Crippen LogP contribution in [0.4, 0.5) is 17.2 Å². The Hall–Kier alpha value is -2.75. The third kappa shape index (κ3) is 5.38. The van der Waals surface area contributed by atoms with Crippen molar-refractivity contribution in [1.29, 1.82) is 0 Å². The molecule has 9 nitrogen and oxygen atoms in total. The smallest absolute Gasteiger partial charge is 0.248 e. The van der Waals surface area contributed by atoms with E-state index in [1.807, 2.05) is 6.92 Å². The van der Waals surface area contributed by atoms with E-state index in [1.54, 1.807) is 31.2 Å². The Labute approximate surface area is 152 Å². The number of rotatable bonds is 8. The minimum absolute atomic E-state index is 0.280. The number of amides is 1. The standard InChI is InChI=1S/C16H22N4O5S/c1-5-12(16(21)18-15-8-10(2)25-19-15)17-11-6-7-14(24-3)13(9-11)20-26(4,22)23/h6-9,12,17,20H,5H2,1-4H3,(H,18,19,21). The molecule has 1 aromatic heterocycles. The molecule has 0 aliphatic heterocycles. The predicted octanol–water partition coefficient (Wildman–Crippen LogP) is 2.19. The van der Waals surface area contributed by atoms with Crippen molar-refractivity contribution in [3.8, 4) is 5.75 Å². The maximum atomic E-state index is 12.4. The van der Waals surface area contributed by atoms with Gasteiger partial charge < -0.3 is 19.9 Å². The van der Waals surface area contributed by atoms with E-state index in [9.17, 15) is 13.2 Å². The van der Waals surface area contributed by atoms with Gasteiger partial charge >= 0.3 is 0 Å². The number of hydrogen-bond acceptors (Lipinski definition) is 7. The molecule has 142 valence electrons. The van der Waals surface area contributed by atoms with Crippen molar-refractivity contribution >= 4 is 33.1 Å². The van der Waals surface area contributed by atoms with E-state index in [4.69, 9.17) is 9.26 Å². The quantitative estimate of drug-likeness (QED) is 0.639. The Bertz CT molecular complexity index is 879. The van der Waals surface area contributed by atoms with Crippen LogP contribution in [0.15, 0.2) is 28.8 Å². The highest BCUT2D eigenvalue weighted by Gasteiger charge is 2.19. The number of nitrogens with zero attached hydrogens (tertiary/aromatic N) is 1. The van der Waals surface area contributed by atoms with Gasteiger partial charge in [0.05, 0.1) is 19.1 Å². The summed E-state index contributed by atoms with van der Waals surface area (Å²) in [5.74, 6) is 1.01. The van der Waals surface area contributed by atoms with Gasteiger partial charge in [0.25, 0.3) is 0 Å². The van der Waals surface area contributed by atoms with Crippen LogP contribution in [0.2, 0.25) is 0 Å². The SMILES string of the molecule is CCC(Nc1ccc(OC)c(NS(C)(=O)=O)c1)C(=O)Nc1cc(C)on1. The van der Waals surface area contributed by atoms with Gasteiger partial charge in [-0.05, 0) is 31.5 Å². The molecular weight excluding hydrogens is 360 g/mol. The first-order valence-electron chi connectivity index (χ1n) is 7.88. The fourth-order valence-corrected chi connectivity index (χ4v) is 2.83. The molecular formula is C16H22N4O5S. The number of benzene rings is 1. The number of aryl methyl sites for hydroxylation is 1. The summed E-state index contributed by atoms with van der Waals surface area (Å²) in [7, 11) is -2.03. The molecule has 1 heterocycles. The zero-order valence-electron chi connectivity index (χ0n) is 15.0. The molecule has 0 radical (unpaired) electrons. The summed E-state index contributed by atoms with van der Waals surface area (Å²) in [5, 5.41) is 9.47. The van der Waals surface area contributed by atoms with Crippen molar-refractivity contribution in [3.05, 3.63) is 30.0 Å². The molecule has 1 unspecified atom stereocenters. The maximum absolute atomic E-state index is 12.4. The fourth-order valence-electron chi connectivity index (χ4n) is 2.27.